The number of anilines is 1. The van der Waals surface area contributed by atoms with Gasteiger partial charge in [-0.05, 0) is 85.7 Å². The van der Waals surface area contributed by atoms with Crippen molar-refractivity contribution in [3.05, 3.63) is 69.3 Å². The van der Waals surface area contributed by atoms with Gasteiger partial charge in [0, 0.05) is 42.4 Å². The van der Waals surface area contributed by atoms with Gasteiger partial charge in [-0.15, -0.1) is 24.8 Å². The lowest BCUT2D eigenvalue weighted by molar-refractivity contribution is -0.384. The van der Waals surface area contributed by atoms with Crippen LogP contribution in [0.5, 0.6) is 0 Å². The van der Waals surface area contributed by atoms with Crippen LogP contribution in [0, 0.1) is 22.0 Å². The SMILES string of the molecule is Cl.Cl.O=[N+]([O-])c1cccc(CNc2ccc3c(c2)[C@@]24CCCC[C@H]2[C@@H](C3)N(CC2CCC2)CC4)c1. The Balaban J connectivity index is 0.00000144. The minimum atomic E-state index is -0.321. The summed E-state index contributed by atoms with van der Waals surface area (Å²) in [7, 11) is 0. The Kier molecular flexibility index (Phi) is 7.99. The van der Waals surface area contributed by atoms with Crippen molar-refractivity contribution in [2.24, 2.45) is 11.8 Å². The number of hydrogen-bond acceptors (Lipinski definition) is 4. The number of non-ortho nitro benzene ring substituents is 1. The molecule has 2 aromatic rings. The lowest BCUT2D eigenvalue weighted by atomic mass is 9.52. The molecule has 0 amide bonds. The minimum absolute atomic E-state index is 0. The number of nitrogens with zero attached hydrogens (tertiary/aromatic N) is 2. The van der Waals surface area contributed by atoms with E-state index in [-0.39, 0.29) is 35.4 Å². The van der Waals surface area contributed by atoms with E-state index in [1.54, 1.807) is 29.3 Å². The van der Waals surface area contributed by atoms with Crippen molar-refractivity contribution in [2.45, 2.75) is 75.8 Å². The van der Waals surface area contributed by atoms with Crippen LogP contribution in [-0.2, 0) is 18.4 Å². The third kappa shape index (κ3) is 4.80. The Morgan fingerprint density at radius 2 is 1.89 bits per heavy atom. The largest absolute Gasteiger partial charge is 0.381 e. The number of nitro groups is 1. The van der Waals surface area contributed by atoms with E-state index in [2.05, 4.69) is 28.4 Å². The number of fused-ring (bicyclic) bond motifs is 1. The number of piperidine rings is 1. The van der Waals surface area contributed by atoms with Crippen LogP contribution >= 0.6 is 24.8 Å². The summed E-state index contributed by atoms with van der Waals surface area (Å²) < 4.78 is 0. The fourth-order valence-corrected chi connectivity index (χ4v) is 7.41. The first-order valence-electron chi connectivity index (χ1n) is 13.0. The van der Waals surface area contributed by atoms with Gasteiger partial charge in [0.2, 0.25) is 0 Å². The highest BCUT2D eigenvalue weighted by atomic mass is 35.5. The minimum Gasteiger partial charge on any atom is -0.381 e. The molecule has 7 heteroatoms. The molecule has 2 aromatic carbocycles. The van der Waals surface area contributed by atoms with Gasteiger partial charge in [0.15, 0.2) is 0 Å². The molecular weight excluding hydrogens is 481 g/mol. The number of rotatable bonds is 6. The monoisotopic (exact) mass is 517 g/mol. The smallest absolute Gasteiger partial charge is 0.269 e. The van der Waals surface area contributed by atoms with Crippen molar-refractivity contribution < 1.29 is 4.92 Å². The molecule has 2 saturated carbocycles. The van der Waals surface area contributed by atoms with E-state index in [1.807, 2.05) is 6.07 Å². The normalized spacial score (nSPS) is 27.3. The molecule has 1 N–H and O–H groups in total. The Morgan fingerprint density at radius 3 is 2.66 bits per heavy atom. The molecule has 1 saturated heterocycles. The second-order valence-corrected chi connectivity index (χ2v) is 11.0. The summed E-state index contributed by atoms with van der Waals surface area (Å²) in [4.78, 5) is 13.7. The molecule has 190 valence electrons. The number of nitro benzene ring substituents is 1. The number of halogens is 2. The summed E-state index contributed by atoms with van der Waals surface area (Å²) in [6.45, 7) is 3.20. The van der Waals surface area contributed by atoms with Crippen molar-refractivity contribution >= 4 is 36.2 Å². The van der Waals surface area contributed by atoms with E-state index in [1.165, 1.54) is 70.9 Å². The Morgan fingerprint density at radius 1 is 1.03 bits per heavy atom. The molecule has 0 spiro atoms. The van der Waals surface area contributed by atoms with Gasteiger partial charge in [-0.3, -0.25) is 15.0 Å². The van der Waals surface area contributed by atoms with Crippen LogP contribution < -0.4 is 5.32 Å². The molecule has 3 atom stereocenters. The van der Waals surface area contributed by atoms with Crippen molar-refractivity contribution in [2.75, 3.05) is 18.4 Å². The third-order valence-corrected chi connectivity index (χ3v) is 9.29. The molecule has 3 fully saturated rings. The van der Waals surface area contributed by atoms with E-state index in [9.17, 15) is 10.1 Å². The quantitative estimate of drug-likeness (QED) is 0.334. The first-order valence-corrected chi connectivity index (χ1v) is 13.0. The number of likely N-dealkylation sites (tertiary alicyclic amines) is 1. The maximum atomic E-state index is 11.1. The van der Waals surface area contributed by atoms with Crippen LogP contribution in [0.4, 0.5) is 11.4 Å². The summed E-state index contributed by atoms with van der Waals surface area (Å²) in [6, 6.07) is 14.7. The molecule has 0 aromatic heterocycles. The van der Waals surface area contributed by atoms with E-state index in [0.29, 0.717) is 12.0 Å². The molecule has 1 heterocycles. The highest BCUT2D eigenvalue weighted by molar-refractivity contribution is 5.85. The molecule has 1 aliphatic heterocycles. The van der Waals surface area contributed by atoms with Gasteiger partial charge in [-0.2, -0.15) is 0 Å². The van der Waals surface area contributed by atoms with Crippen molar-refractivity contribution in [1.82, 2.24) is 4.90 Å². The van der Waals surface area contributed by atoms with E-state index >= 15 is 0 Å². The van der Waals surface area contributed by atoms with Gasteiger partial charge in [0.05, 0.1) is 4.92 Å². The zero-order valence-corrected chi connectivity index (χ0v) is 21.9. The first kappa shape index (κ1) is 26.2. The van der Waals surface area contributed by atoms with Crippen LogP contribution in [0.15, 0.2) is 42.5 Å². The maximum Gasteiger partial charge on any atom is 0.269 e. The maximum absolute atomic E-state index is 11.1. The van der Waals surface area contributed by atoms with Crippen molar-refractivity contribution in [1.29, 1.82) is 0 Å². The fourth-order valence-electron chi connectivity index (χ4n) is 7.41. The van der Waals surface area contributed by atoms with Crippen LogP contribution in [0.2, 0.25) is 0 Å². The number of nitrogens with one attached hydrogen (secondary N) is 1. The summed E-state index contributed by atoms with van der Waals surface area (Å²) in [5.74, 6) is 1.75. The van der Waals surface area contributed by atoms with Gasteiger partial charge >= 0.3 is 0 Å². The topological polar surface area (TPSA) is 58.4 Å². The van der Waals surface area contributed by atoms with Crippen LogP contribution in [0.1, 0.15) is 68.1 Å². The summed E-state index contributed by atoms with van der Waals surface area (Å²) in [6.07, 6.45) is 12.3. The van der Waals surface area contributed by atoms with Crippen molar-refractivity contribution in [3.63, 3.8) is 0 Å². The molecule has 0 unspecified atom stereocenters. The second kappa shape index (κ2) is 10.7. The fraction of sp³-hybridized carbons (Fsp3) is 0.571. The average Bonchev–Trinajstić information content (AvgIpc) is 2.81. The summed E-state index contributed by atoms with van der Waals surface area (Å²) >= 11 is 0. The lowest BCUT2D eigenvalue weighted by Crippen LogP contribution is -2.61. The van der Waals surface area contributed by atoms with Gasteiger partial charge in [0.1, 0.15) is 0 Å². The van der Waals surface area contributed by atoms with Crippen LogP contribution in [0.25, 0.3) is 0 Å². The zero-order chi connectivity index (χ0) is 22.4. The lowest BCUT2D eigenvalue weighted by Gasteiger charge is -2.59. The first-order chi connectivity index (χ1) is 16.1. The van der Waals surface area contributed by atoms with Gasteiger partial charge in [-0.1, -0.05) is 37.5 Å². The number of hydrogen-bond donors (Lipinski definition) is 1. The molecule has 2 bridgehead atoms. The molecule has 3 aliphatic carbocycles. The Hall–Kier alpha value is -1.82. The molecular formula is C28H37Cl2N3O2. The number of benzene rings is 2. The van der Waals surface area contributed by atoms with E-state index in [4.69, 9.17) is 0 Å². The average molecular weight is 519 g/mol. The van der Waals surface area contributed by atoms with E-state index in [0.717, 1.165) is 29.1 Å². The predicted molar refractivity (Wildman–Crippen MR) is 146 cm³/mol. The second-order valence-electron chi connectivity index (χ2n) is 11.0. The predicted octanol–water partition coefficient (Wildman–Crippen LogP) is 6.91. The van der Waals surface area contributed by atoms with Gasteiger partial charge in [0.25, 0.3) is 5.69 Å². The molecule has 4 aliphatic rings. The Bertz CT molecular complexity index is 1060. The standard InChI is InChI=1S/C28H35N3O2.2ClH/c32-31(33)24-8-4-7-21(15-24)18-29-23-11-10-22-16-27-25-9-1-2-12-28(25,26(22)17-23)13-14-30(27)19-20-5-3-6-20;;/h4,7-8,10-11,15,17,20,25,27,29H,1-3,5-6,9,12-14,16,18-19H2;2*1H/t25-,27+,28+;;/m0../s1. The molecule has 0 radical (unpaired) electrons. The molecule has 6 rings (SSSR count). The van der Waals surface area contributed by atoms with Gasteiger partial charge < -0.3 is 5.32 Å². The van der Waals surface area contributed by atoms with Crippen LogP contribution in [-0.4, -0.2) is 29.0 Å². The molecule has 5 nitrogen and oxygen atoms in total. The van der Waals surface area contributed by atoms with Crippen LogP contribution in [0.3, 0.4) is 0 Å². The van der Waals surface area contributed by atoms with Gasteiger partial charge in [-0.25, -0.2) is 0 Å². The molecule has 35 heavy (non-hydrogen) atoms. The zero-order valence-electron chi connectivity index (χ0n) is 20.3. The highest BCUT2D eigenvalue weighted by Crippen LogP contribution is 2.56. The summed E-state index contributed by atoms with van der Waals surface area (Å²) in [5, 5.41) is 14.7. The summed E-state index contributed by atoms with van der Waals surface area (Å²) in [5.41, 5.74) is 5.78. The Labute approximate surface area is 221 Å². The third-order valence-electron chi connectivity index (χ3n) is 9.29. The van der Waals surface area contributed by atoms with E-state index < -0.39 is 0 Å². The van der Waals surface area contributed by atoms with Crippen molar-refractivity contribution in [3.8, 4) is 0 Å². The highest BCUT2D eigenvalue weighted by Gasteiger charge is 2.53.